The van der Waals surface area contributed by atoms with Crippen molar-refractivity contribution in [2.45, 2.75) is 25.1 Å². The fraction of sp³-hybridized carbons (Fsp3) is 0.462. The second-order valence-electron chi connectivity index (χ2n) is 4.29. The lowest BCUT2D eigenvalue weighted by Gasteiger charge is -2.31. The van der Waals surface area contributed by atoms with Crippen molar-refractivity contribution in [1.82, 2.24) is 5.32 Å². The molecule has 0 unspecified atom stereocenters. The summed E-state index contributed by atoms with van der Waals surface area (Å²) in [5.74, 6) is -1.08. The normalized spacial score (nSPS) is 14.5. The summed E-state index contributed by atoms with van der Waals surface area (Å²) >= 11 is 0. The highest BCUT2D eigenvalue weighted by Crippen LogP contribution is 2.38. The molecule has 3 N–H and O–H groups in total. The van der Waals surface area contributed by atoms with Crippen molar-refractivity contribution in [3.05, 3.63) is 29.8 Å². The molecular weight excluding hydrogens is 273 g/mol. The van der Waals surface area contributed by atoms with Crippen molar-refractivity contribution in [3.63, 3.8) is 0 Å². The minimum Gasteiger partial charge on any atom is -0.497 e. The predicted molar refractivity (Wildman–Crippen MR) is 68.2 cm³/mol. The van der Waals surface area contributed by atoms with Gasteiger partial charge in [-0.1, -0.05) is 19.1 Å². The Bertz CT molecular complexity index is 477. The van der Waals surface area contributed by atoms with E-state index in [1.54, 1.807) is 6.92 Å². The molecule has 7 heteroatoms. The van der Waals surface area contributed by atoms with E-state index >= 15 is 0 Å². The van der Waals surface area contributed by atoms with Gasteiger partial charge in [-0.15, -0.1) is 0 Å². The third kappa shape index (κ3) is 3.04. The molecule has 0 aliphatic heterocycles. The van der Waals surface area contributed by atoms with Crippen LogP contribution >= 0.6 is 0 Å². The van der Waals surface area contributed by atoms with Gasteiger partial charge in [-0.25, -0.2) is 0 Å². The van der Waals surface area contributed by atoms with E-state index < -0.39 is 17.6 Å². The highest BCUT2D eigenvalue weighted by Gasteiger charge is 2.58. The molecule has 1 aromatic carbocycles. The Morgan fingerprint density at radius 1 is 1.40 bits per heavy atom. The minimum absolute atomic E-state index is 0.123. The van der Waals surface area contributed by atoms with Crippen LogP contribution in [-0.4, -0.2) is 25.7 Å². The quantitative estimate of drug-likeness (QED) is 0.871. The molecule has 0 spiro atoms. The molecule has 20 heavy (non-hydrogen) atoms. The number of hydrogen-bond acceptors (Lipinski definition) is 3. The summed E-state index contributed by atoms with van der Waals surface area (Å²) in [7, 11) is 1.32. The molecule has 0 aromatic heterocycles. The van der Waals surface area contributed by atoms with Crippen molar-refractivity contribution in [2.75, 3.05) is 13.7 Å². The fourth-order valence-corrected chi connectivity index (χ4v) is 1.67. The Balaban J connectivity index is 3.27. The summed E-state index contributed by atoms with van der Waals surface area (Å²) in [5, 5.41) is 2.19. The molecule has 112 valence electrons. The van der Waals surface area contributed by atoms with Crippen molar-refractivity contribution in [3.8, 4) is 5.75 Å². The van der Waals surface area contributed by atoms with Gasteiger partial charge < -0.3 is 15.8 Å². The van der Waals surface area contributed by atoms with E-state index in [2.05, 4.69) is 5.32 Å². The predicted octanol–water partition coefficient (Wildman–Crippen LogP) is 1.94. The molecule has 0 fully saturated rings. The van der Waals surface area contributed by atoms with E-state index in [4.69, 9.17) is 10.5 Å². The molecule has 0 heterocycles. The first-order valence-corrected chi connectivity index (χ1v) is 6.05. The molecule has 0 saturated heterocycles. The van der Waals surface area contributed by atoms with Crippen molar-refractivity contribution < 1.29 is 22.7 Å². The monoisotopic (exact) mass is 290 g/mol. The number of nitrogens with two attached hydrogens (primary N) is 1. The molecule has 0 bridgehead atoms. The molecule has 1 aromatic rings. The Hall–Kier alpha value is -1.76. The van der Waals surface area contributed by atoms with Crippen LogP contribution < -0.4 is 15.8 Å². The number of nitrogens with one attached hydrogen (secondary N) is 1. The second-order valence-corrected chi connectivity index (χ2v) is 4.29. The van der Waals surface area contributed by atoms with Crippen LogP contribution in [0.15, 0.2) is 24.3 Å². The zero-order valence-corrected chi connectivity index (χ0v) is 11.3. The highest BCUT2D eigenvalue weighted by atomic mass is 19.4. The molecule has 1 atom stereocenters. The number of hydrogen-bond donors (Lipinski definition) is 2. The zero-order chi connectivity index (χ0) is 15.4. The third-order valence-electron chi connectivity index (χ3n) is 2.87. The largest absolute Gasteiger partial charge is 0.497 e. The maximum atomic E-state index is 13.3. The lowest BCUT2D eigenvalue weighted by Crippen LogP contribution is -2.60. The van der Waals surface area contributed by atoms with Crippen molar-refractivity contribution >= 4 is 5.91 Å². The van der Waals surface area contributed by atoms with E-state index in [1.807, 2.05) is 0 Å². The molecule has 0 aliphatic rings. The number of carbonyl (C=O) groups excluding carboxylic acids is 1. The summed E-state index contributed by atoms with van der Waals surface area (Å²) in [4.78, 5) is 11.9. The maximum Gasteiger partial charge on any atom is 0.419 e. The van der Waals surface area contributed by atoms with Crippen LogP contribution in [0.5, 0.6) is 5.75 Å². The first kappa shape index (κ1) is 16.3. The van der Waals surface area contributed by atoms with E-state index in [-0.39, 0.29) is 17.9 Å². The average molecular weight is 290 g/mol. The van der Waals surface area contributed by atoms with Gasteiger partial charge in [0, 0.05) is 6.54 Å². The Morgan fingerprint density at radius 3 is 2.55 bits per heavy atom. The summed E-state index contributed by atoms with van der Waals surface area (Å²) in [6, 6.07) is 5.10. The van der Waals surface area contributed by atoms with Gasteiger partial charge in [0.25, 0.3) is 5.91 Å². The van der Waals surface area contributed by atoms with Gasteiger partial charge in [0.05, 0.1) is 7.11 Å². The first-order valence-electron chi connectivity index (χ1n) is 6.05. The van der Waals surface area contributed by atoms with Gasteiger partial charge in [0.2, 0.25) is 5.54 Å². The van der Waals surface area contributed by atoms with E-state index in [9.17, 15) is 18.0 Å². The molecule has 1 amide bonds. The van der Waals surface area contributed by atoms with Crippen LogP contribution in [0.2, 0.25) is 0 Å². The van der Waals surface area contributed by atoms with E-state index in [0.717, 1.165) is 12.1 Å². The molecule has 4 nitrogen and oxygen atoms in total. The van der Waals surface area contributed by atoms with Crippen LogP contribution in [0.3, 0.4) is 0 Å². The van der Waals surface area contributed by atoms with Gasteiger partial charge in [-0.3, -0.25) is 4.79 Å². The van der Waals surface area contributed by atoms with E-state index in [1.165, 1.54) is 19.2 Å². The topological polar surface area (TPSA) is 64.4 Å². The van der Waals surface area contributed by atoms with Gasteiger partial charge in [-0.2, -0.15) is 13.2 Å². The lowest BCUT2D eigenvalue weighted by atomic mass is 9.89. The number of amides is 1. The van der Waals surface area contributed by atoms with Crippen LogP contribution in [0.4, 0.5) is 13.2 Å². The van der Waals surface area contributed by atoms with Gasteiger partial charge in [0.1, 0.15) is 5.75 Å². The molecule has 0 aliphatic carbocycles. The minimum atomic E-state index is -4.92. The molecule has 0 radical (unpaired) electrons. The Morgan fingerprint density at radius 2 is 2.05 bits per heavy atom. The SMILES string of the molecule is CCCNC(=O)[C@](N)(c1cccc(OC)c1)C(F)(F)F. The Labute approximate surface area is 115 Å². The molecule has 1 rings (SSSR count). The van der Waals surface area contributed by atoms with E-state index in [0.29, 0.717) is 6.42 Å². The number of halogens is 3. The number of methoxy groups -OCH3 is 1. The van der Waals surface area contributed by atoms with Gasteiger partial charge >= 0.3 is 6.18 Å². The first-order chi connectivity index (χ1) is 9.27. The summed E-state index contributed by atoms with van der Waals surface area (Å²) < 4.78 is 44.7. The summed E-state index contributed by atoms with van der Waals surface area (Å²) in [6.45, 7) is 1.86. The van der Waals surface area contributed by atoms with Crippen LogP contribution in [0.1, 0.15) is 18.9 Å². The number of benzene rings is 1. The average Bonchev–Trinajstić information content (AvgIpc) is 2.42. The number of carbonyl (C=O) groups is 1. The standard InChI is InChI=1S/C13H17F3N2O2/c1-3-7-18-11(19)12(17,13(14,15)16)9-5-4-6-10(8-9)20-2/h4-6,8H,3,7,17H2,1-2H3,(H,18,19)/t12-/m1/s1. The number of ether oxygens (including phenoxy) is 1. The third-order valence-corrected chi connectivity index (χ3v) is 2.87. The molecule has 0 saturated carbocycles. The summed E-state index contributed by atoms with van der Waals surface area (Å²) in [6.07, 6.45) is -4.41. The highest BCUT2D eigenvalue weighted by molar-refractivity contribution is 5.88. The second kappa shape index (κ2) is 6.13. The Kier molecular flexibility index (Phi) is 4.99. The van der Waals surface area contributed by atoms with Gasteiger partial charge in [-0.05, 0) is 24.1 Å². The number of rotatable bonds is 5. The zero-order valence-electron chi connectivity index (χ0n) is 11.3. The van der Waals surface area contributed by atoms with Crippen molar-refractivity contribution in [2.24, 2.45) is 5.73 Å². The van der Waals surface area contributed by atoms with Crippen molar-refractivity contribution in [1.29, 1.82) is 0 Å². The van der Waals surface area contributed by atoms with Gasteiger partial charge in [0.15, 0.2) is 0 Å². The maximum absolute atomic E-state index is 13.3. The lowest BCUT2D eigenvalue weighted by molar-refractivity contribution is -0.194. The number of alkyl halides is 3. The van der Waals surface area contributed by atoms with Crippen LogP contribution in [-0.2, 0) is 10.3 Å². The van der Waals surface area contributed by atoms with Crippen LogP contribution in [0, 0.1) is 0 Å². The fourth-order valence-electron chi connectivity index (χ4n) is 1.67. The molecular formula is C13H17F3N2O2. The summed E-state index contributed by atoms with van der Waals surface area (Å²) in [5.41, 5.74) is 1.95. The van der Waals surface area contributed by atoms with Crippen LogP contribution in [0.25, 0.3) is 0 Å². The smallest absolute Gasteiger partial charge is 0.419 e.